The SMILES string of the molecule is Cc1cc(Cl)ccc1OC(=O)[C@H](CC(C)C)NC(=O)[C@H](CC(=O)OC(C)(C)C)NC(=O)OC(C)(C)C. The van der Waals surface area contributed by atoms with Crippen LogP contribution in [0.1, 0.15) is 73.8 Å². The summed E-state index contributed by atoms with van der Waals surface area (Å²) < 4.78 is 16.1. The Bertz CT molecular complexity index is 919. The van der Waals surface area contributed by atoms with E-state index in [1.807, 2.05) is 13.8 Å². The Morgan fingerprint density at radius 2 is 1.50 bits per heavy atom. The van der Waals surface area contributed by atoms with Gasteiger partial charge in [-0.1, -0.05) is 25.4 Å². The molecule has 9 nitrogen and oxygen atoms in total. The van der Waals surface area contributed by atoms with Crippen LogP contribution < -0.4 is 15.4 Å². The highest BCUT2D eigenvalue weighted by Gasteiger charge is 2.32. The number of carbonyl (C=O) groups is 4. The quantitative estimate of drug-likeness (QED) is 0.353. The molecule has 36 heavy (non-hydrogen) atoms. The Hall–Kier alpha value is -2.81. The number of nitrogens with one attached hydrogen (secondary N) is 2. The molecule has 0 aliphatic rings. The molecule has 0 saturated heterocycles. The average Bonchev–Trinajstić information content (AvgIpc) is 2.65. The van der Waals surface area contributed by atoms with Gasteiger partial charge in [0, 0.05) is 5.02 Å². The first-order valence-corrected chi connectivity index (χ1v) is 12.2. The van der Waals surface area contributed by atoms with Gasteiger partial charge in [-0.15, -0.1) is 0 Å². The summed E-state index contributed by atoms with van der Waals surface area (Å²) in [5.41, 5.74) is -0.957. The minimum Gasteiger partial charge on any atom is -0.460 e. The monoisotopic (exact) mass is 526 g/mol. The molecule has 202 valence electrons. The lowest BCUT2D eigenvalue weighted by Crippen LogP contribution is -2.54. The third-order valence-electron chi connectivity index (χ3n) is 4.45. The molecule has 1 aromatic rings. The Morgan fingerprint density at radius 1 is 0.917 bits per heavy atom. The number of halogens is 1. The number of ether oxygens (including phenoxy) is 3. The van der Waals surface area contributed by atoms with Crippen LogP contribution in [0.15, 0.2) is 18.2 Å². The molecular formula is C26H39ClN2O7. The molecule has 0 spiro atoms. The molecule has 1 aromatic carbocycles. The fraction of sp³-hybridized carbons (Fsp3) is 0.615. The molecule has 1 rings (SSSR count). The van der Waals surface area contributed by atoms with Crippen molar-refractivity contribution in [2.75, 3.05) is 0 Å². The van der Waals surface area contributed by atoms with Gasteiger partial charge in [-0.3, -0.25) is 9.59 Å². The van der Waals surface area contributed by atoms with Gasteiger partial charge < -0.3 is 24.8 Å². The van der Waals surface area contributed by atoms with Gasteiger partial charge in [-0.05, 0) is 84.6 Å². The summed E-state index contributed by atoms with van der Waals surface area (Å²) in [6.07, 6.45) is -1.07. The van der Waals surface area contributed by atoms with E-state index < -0.39 is 53.6 Å². The van der Waals surface area contributed by atoms with E-state index in [1.165, 1.54) is 0 Å². The van der Waals surface area contributed by atoms with E-state index in [0.29, 0.717) is 16.3 Å². The van der Waals surface area contributed by atoms with E-state index in [1.54, 1.807) is 66.7 Å². The zero-order valence-corrected chi connectivity index (χ0v) is 23.4. The molecule has 0 unspecified atom stereocenters. The second-order valence-corrected chi connectivity index (χ2v) is 11.4. The largest absolute Gasteiger partial charge is 0.460 e. The number of hydrogen-bond acceptors (Lipinski definition) is 7. The summed E-state index contributed by atoms with van der Waals surface area (Å²) in [4.78, 5) is 51.0. The van der Waals surface area contributed by atoms with Crippen molar-refractivity contribution in [3.63, 3.8) is 0 Å². The predicted molar refractivity (Wildman–Crippen MR) is 137 cm³/mol. The molecule has 0 bridgehead atoms. The van der Waals surface area contributed by atoms with Crippen molar-refractivity contribution in [2.45, 2.75) is 98.4 Å². The van der Waals surface area contributed by atoms with E-state index in [9.17, 15) is 19.2 Å². The van der Waals surface area contributed by atoms with E-state index in [0.717, 1.165) is 0 Å². The Balaban J connectivity index is 3.10. The minimum atomic E-state index is -1.34. The molecule has 10 heteroatoms. The van der Waals surface area contributed by atoms with Crippen molar-refractivity contribution >= 4 is 35.5 Å². The normalized spacial score (nSPS) is 13.4. The van der Waals surface area contributed by atoms with Gasteiger partial charge >= 0.3 is 18.0 Å². The van der Waals surface area contributed by atoms with Crippen LogP contribution in [0.3, 0.4) is 0 Å². The van der Waals surface area contributed by atoms with Crippen molar-refractivity contribution in [2.24, 2.45) is 5.92 Å². The average molecular weight is 527 g/mol. The lowest BCUT2D eigenvalue weighted by atomic mass is 10.0. The van der Waals surface area contributed by atoms with Crippen LogP contribution in [0.4, 0.5) is 4.79 Å². The summed E-state index contributed by atoms with van der Waals surface area (Å²) in [7, 11) is 0. The fourth-order valence-corrected chi connectivity index (χ4v) is 3.30. The van der Waals surface area contributed by atoms with Gasteiger partial charge in [0.1, 0.15) is 29.0 Å². The molecular weight excluding hydrogens is 488 g/mol. The van der Waals surface area contributed by atoms with Crippen LogP contribution in [0.25, 0.3) is 0 Å². The molecule has 0 heterocycles. The maximum absolute atomic E-state index is 13.2. The topological polar surface area (TPSA) is 120 Å². The second kappa shape index (κ2) is 12.9. The summed E-state index contributed by atoms with van der Waals surface area (Å²) in [5, 5.41) is 5.53. The van der Waals surface area contributed by atoms with E-state index in [4.69, 9.17) is 25.8 Å². The van der Waals surface area contributed by atoms with Crippen LogP contribution in [0, 0.1) is 12.8 Å². The second-order valence-electron chi connectivity index (χ2n) is 11.0. The van der Waals surface area contributed by atoms with Gasteiger partial charge in [0.2, 0.25) is 5.91 Å². The Kier molecular flexibility index (Phi) is 11.2. The number of alkyl carbamates (subject to hydrolysis) is 1. The van der Waals surface area contributed by atoms with Crippen molar-refractivity contribution in [1.82, 2.24) is 10.6 Å². The zero-order chi connectivity index (χ0) is 27.8. The molecule has 0 aliphatic carbocycles. The highest BCUT2D eigenvalue weighted by molar-refractivity contribution is 6.30. The predicted octanol–water partition coefficient (Wildman–Crippen LogP) is 4.71. The number of esters is 2. The van der Waals surface area contributed by atoms with Crippen LogP contribution >= 0.6 is 11.6 Å². The number of amides is 2. The number of aryl methyl sites for hydroxylation is 1. The minimum absolute atomic E-state index is 0.0253. The maximum atomic E-state index is 13.2. The molecule has 2 atom stereocenters. The summed E-state index contributed by atoms with van der Waals surface area (Å²) in [6, 6.07) is 2.44. The standard InChI is InChI=1S/C26H39ClN2O7/c1-15(2)12-19(23(32)34-20-11-10-17(27)13-16(20)3)28-22(31)18(14-21(30)35-25(4,5)6)29-24(33)36-26(7,8)9/h10-11,13,15,18-19H,12,14H2,1-9H3,(H,28,31)(H,29,33)/t18-,19-/m0/s1. The molecule has 0 aliphatic heterocycles. The molecule has 2 N–H and O–H groups in total. The zero-order valence-electron chi connectivity index (χ0n) is 22.6. The van der Waals surface area contributed by atoms with Crippen molar-refractivity contribution in [3.05, 3.63) is 28.8 Å². The first-order chi connectivity index (χ1) is 16.4. The van der Waals surface area contributed by atoms with Crippen molar-refractivity contribution in [3.8, 4) is 5.75 Å². The third-order valence-corrected chi connectivity index (χ3v) is 4.69. The van der Waals surface area contributed by atoms with Gasteiger partial charge in [-0.25, -0.2) is 9.59 Å². The Morgan fingerprint density at radius 3 is 2.00 bits per heavy atom. The van der Waals surface area contributed by atoms with Crippen molar-refractivity contribution in [1.29, 1.82) is 0 Å². The lowest BCUT2D eigenvalue weighted by molar-refractivity contribution is -0.156. The highest BCUT2D eigenvalue weighted by Crippen LogP contribution is 2.23. The highest BCUT2D eigenvalue weighted by atomic mass is 35.5. The van der Waals surface area contributed by atoms with Crippen LogP contribution in [0.2, 0.25) is 5.02 Å². The lowest BCUT2D eigenvalue weighted by Gasteiger charge is -2.26. The van der Waals surface area contributed by atoms with E-state index in [2.05, 4.69) is 10.6 Å². The van der Waals surface area contributed by atoms with Crippen LogP contribution in [0.5, 0.6) is 5.75 Å². The summed E-state index contributed by atoms with van der Waals surface area (Å²) >= 11 is 5.97. The third kappa shape index (κ3) is 12.2. The summed E-state index contributed by atoms with van der Waals surface area (Å²) in [6.45, 7) is 15.6. The van der Waals surface area contributed by atoms with Crippen LogP contribution in [-0.4, -0.2) is 47.2 Å². The maximum Gasteiger partial charge on any atom is 0.408 e. The van der Waals surface area contributed by atoms with Gasteiger partial charge in [-0.2, -0.15) is 0 Å². The number of benzene rings is 1. The first-order valence-electron chi connectivity index (χ1n) is 11.9. The van der Waals surface area contributed by atoms with Gasteiger partial charge in [0.05, 0.1) is 6.42 Å². The molecule has 0 aromatic heterocycles. The summed E-state index contributed by atoms with van der Waals surface area (Å²) in [5.74, 6) is -1.79. The van der Waals surface area contributed by atoms with Crippen LogP contribution in [-0.2, 0) is 23.9 Å². The van der Waals surface area contributed by atoms with E-state index in [-0.39, 0.29) is 12.3 Å². The van der Waals surface area contributed by atoms with Crippen molar-refractivity contribution < 1.29 is 33.4 Å². The van der Waals surface area contributed by atoms with Gasteiger partial charge in [0.25, 0.3) is 0 Å². The molecule has 0 fully saturated rings. The Labute approximate surface area is 218 Å². The number of carbonyl (C=O) groups excluding carboxylic acids is 4. The first kappa shape index (κ1) is 31.2. The molecule has 0 saturated carbocycles. The van der Waals surface area contributed by atoms with Gasteiger partial charge in [0.15, 0.2) is 0 Å². The number of rotatable bonds is 9. The van der Waals surface area contributed by atoms with E-state index >= 15 is 0 Å². The molecule has 0 radical (unpaired) electrons. The molecule has 2 amide bonds. The number of hydrogen-bond donors (Lipinski definition) is 2. The smallest absolute Gasteiger partial charge is 0.408 e. The fourth-order valence-electron chi connectivity index (χ4n) is 3.07.